The molecule has 0 unspecified atom stereocenters. The molecule has 1 aromatic heterocycles. The molecule has 0 spiro atoms. The highest BCUT2D eigenvalue weighted by Crippen LogP contribution is 2.24. The Labute approximate surface area is 114 Å². The van der Waals surface area contributed by atoms with Crippen LogP contribution in [0, 0.1) is 11.6 Å². The average molecular weight is 280 g/mol. The van der Waals surface area contributed by atoms with E-state index < -0.39 is 17.7 Å². The number of hydrogen-bond acceptors (Lipinski definition) is 4. The molecule has 2 heterocycles. The summed E-state index contributed by atoms with van der Waals surface area (Å²) in [5.74, 6) is -1.13. The summed E-state index contributed by atoms with van der Waals surface area (Å²) in [5, 5.41) is 17.6. The SMILES string of the molecule is O[C@@H]1CN(Cc2c(F)cccc2F)C[C@H]1n1ccnn1. The Balaban J connectivity index is 1.74. The minimum absolute atomic E-state index is 0.0268. The standard InChI is InChI=1S/C13H14F2N4O/c14-10-2-1-3-11(15)9(10)6-18-7-12(13(20)8-18)19-5-4-16-17-19/h1-5,12-13,20H,6-8H2/t12-,13-/m1/s1. The number of nitrogens with zero attached hydrogens (tertiary/aromatic N) is 4. The normalized spacial score (nSPS) is 23.4. The minimum Gasteiger partial charge on any atom is -0.390 e. The van der Waals surface area contributed by atoms with E-state index in [0.717, 1.165) is 0 Å². The second kappa shape index (κ2) is 5.26. The Morgan fingerprint density at radius 3 is 2.65 bits per heavy atom. The smallest absolute Gasteiger partial charge is 0.130 e. The van der Waals surface area contributed by atoms with E-state index in [1.807, 2.05) is 0 Å². The van der Waals surface area contributed by atoms with Crippen molar-refractivity contribution in [2.45, 2.75) is 18.7 Å². The highest BCUT2D eigenvalue weighted by atomic mass is 19.1. The lowest BCUT2D eigenvalue weighted by atomic mass is 10.2. The second-order valence-electron chi connectivity index (χ2n) is 4.91. The summed E-state index contributed by atoms with van der Waals surface area (Å²) in [5.41, 5.74) is 0.0268. The van der Waals surface area contributed by atoms with E-state index in [4.69, 9.17) is 0 Å². The molecule has 1 aromatic carbocycles. The first-order chi connectivity index (χ1) is 9.65. The molecular formula is C13H14F2N4O. The third-order valence-corrected chi connectivity index (χ3v) is 3.56. The lowest BCUT2D eigenvalue weighted by Gasteiger charge is -2.16. The lowest BCUT2D eigenvalue weighted by Crippen LogP contribution is -2.22. The molecule has 20 heavy (non-hydrogen) atoms. The van der Waals surface area contributed by atoms with Crippen LogP contribution in [0.1, 0.15) is 11.6 Å². The Kier molecular flexibility index (Phi) is 3.45. The maximum Gasteiger partial charge on any atom is 0.130 e. The molecule has 0 aliphatic carbocycles. The van der Waals surface area contributed by atoms with Crippen molar-refractivity contribution >= 4 is 0 Å². The summed E-state index contributed by atoms with van der Waals surface area (Å²) >= 11 is 0. The van der Waals surface area contributed by atoms with Crippen LogP contribution in [0.5, 0.6) is 0 Å². The molecule has 2 aromatic rings. The number of aliphatic hydroxyl groups excluding tert-OH is 1. The molecule has 0 radical (unpaired) electrons. The molecule has 1 aliphatic heterocycles. The zero-order valence-corrected chi connectivity index (χ0v) is 10.7. The number of benzene rings is 1. The quantitative estimate of drug-likeness (QED) is 0.910. The third-order valence-electron chi connectivity index (χ3n) is 3.56. The summed E-state index contributed by atoms with van der Waals surface area (Å²) in [7, 11) is 0. The third kappa shape index (κ3) is 2.41. The van der Waals surface area contributed by atoms with E-state index in [2.05, 4.69) is 10.3 Å². The van der Waals surface area contributed by atoms with E-state index in [1.165, 1.54) is 24.4 Å². The molecule has 1 N–H and O–H groups in total. The van der Waals surface area contributed by atoms with E-state index in [0.29, 0.717) is 13.1 Å². The first kappa shape index (κ1) is 13.1. The summed E-state index contributed by atoms with van der Waals surface area (Å²) in [6, 6.07) is 3.57. The molecule has 0 amide bonds. The van der Waals surface area contributed by atoms with Crippen molar-refractivity contribution in [2.75, 3.05) is 13.1 Å². The van der Waals surface area contributed by atoms with Gasteiger partial charge in [-0.3, -0.25) is 4.90 Å². The van der Waals surface area contributed by atoms with Gasteiger partial charge in [-0.1, -0.05) is 11.3 Å². The van der Waals surface area contributed by atoms with Crippen LogP contribution < -0.4 is 0 Å². The number of aromatic nitrogens is 3. The number of rotatable bonds is 3. The van der Waals surface area contributed by atoms with Crippen molar-refractivity contribution in [3.05, 3.63) is 47.8 Å². The van der Waals surface area contributed by atoms with Crippen LogP contribution in [0.2, 0.25) is 0 Å². The lowest BCUT2D eigenvalue weighted by molar-refractivity contribution is 0.138. The van der Waals surface area contributed by atoms with Gasteiger partial charge in [-0.05, 0) is 12.1 Å². The van der Waals surface area contributed by atoms with Crippen LogP contribution in [-0.2, 0) is 6.54 Å². The summed E-state index contributed by atoms with van der Waals surface area (Å²) in [6.45, 7) is 0.942. The molecule has 7 heteroatoms. The van der Waals surface area contributed by atoms with E-state index in [9.17, 15) is 13.9 Å². The molecule has 0 saturated carbocycles. The predicted octanol–water partition coefficient (Wildman–Crippen LogP) is 0.974. The molecule has 1 saturated heterocycles. The molecule has 1 fully saturated rings. The van der Waals surface area contributed by atoms with Gasteiger partial charge in [0.15, 0.2) is 0 Å². The largest absolute Gasteiger partial charge is 0.390 e. The monoisotopic (exact) mass is 280 g/mol. The van der Waals surface area contributed by atoms with Crippen molar-refractivity contribution in [1.82, 2.24) is 19.9 Å². The van der Waals surface area contributed by atoms with E-state index in [-0.39, 0.29) is 18.2 Å². The molecule has 1 aliphatic rings. The number of aliphatic hydroxyl groups is 1. The van der Waals surface area contributed by atoms with Gasteiger partial charge in [0.05, 0.1) is 18.3 Å². The number of hydrogen-bond donors (Lipinski definition) is 1. The van der Waals surface area contributed by atoms with E-state index >= 15 is 0 Å². The Morgan fingerprint density at radius 2 is 2.00 bits per heavy atom. The van der Waals surface area contributed by atoms with Gasteiger partial charge >= 0.3 is 0 Å². The van der Waals surface area contributed by atoms with Crippen LogP contribution in [0.25, 0.3) is 0 Å². The topological polar surface area (TPSA) is 54.2 Å². The maximum absolute atomic E-state index is 13.6. The predicted molar refractivity (Wildman–Crippen MR) is 66.7 cm³/mol. The Hall–Kier alpha value is -1.86. The van der Waals surface area contributed by atoms with Crippen molar-refractivity contribution in [3.63, 3.8) is 0 Å². The van der Waals surface area contributed by atoms with Gasteiger partial charge in [0.2, 0.25) is 0 Å². The molecular weight excluding hydrogens is 266 g/mol. The van der Waals surface area contributed by atoms with E-state index in [1.54, 1.807) is 15.8 Å². The fourth-order valence-electron chi connectivity index (χ4n) is 2.54. The maximum atomic E-state index is 13.6. The first-order valence-electron chi connectivity index (χ1n) is 6.34. The van der Waals surface area contributed by atoms with Gasteiger partial charge in [-0.2, -0.15) is 0 Å². The number of β-amino-alcohol motifs (C(OH)–C–C–N with tert-alkyl or cyclic N) is 1. The van der Waals surface area contributed by atoms with Crippen LogP contribution in [0.4, 0.5) is 8.78 Å². The molecule has 0 bridgehead atoms. The molecule has 3 rings (SSSR count). The van der Waals surface area contributed by atoms with Crippen molar-refractivity contribution in [1.29, 1.82) is 0 Å². The Morgan fingerprint density at radius 1 is 1.25 bits per heavy atom. The van der Waals surface area contributed by atoms with Crippen molar-refractivity contribution < 1.29 is 13.9 Å². The minimum atomic E-state index is -0.633. The van der Waals surface area contributed by atoms with Gasteiger partial charge in [-0.15, -0.1) is 5.10 Å². The summed E-state index contributed by atoms with van der Waals surface area (Å²) in [4.78, 5) is 1.80. The average Bonchev–Trinajstić information content (AvgIpc) is 3.03. The van der Waals surface area contributed by atoms with Crippen LogP contribution in [0.15, 0.2) is 30.6 Å². The van der Waals surface area contributed by atoms with Crippen molar-refractivity contribution in [2.24, 2.45) is 0 Å². The molecule has 2 atom stereocenters. The van der Waals surface area contributed by atoms with Gasteiger partial charge in [0, 0.05) is 31.4 Å². The van der Waals surface area contributed by atoms with Crippen LogP contribution in [0.3, 0.4) is 0 Å². The van der Waals surface area contributed by atoms with Gasteiger partial charge in [-0.25, -0.2) is 13.5 Å². The molecule has 106 valence electrons. The Bertz CT molecular complexity index is 570. The number of likely N-dealkylation sites (tertiary alicyclic amines) is 1. The number of halogens is 2. The van der Waals surface area contributed by atoms with Crippen molar-refractivity contribution in [3.8, 4) is 0 Å². The zero-order chi connectivity index (χ0) is 14.1. The fraction of sp³-hybridized carbons (Fsp3) is 0.385. The zero-order valence-electron chi connectivity index (χ0n) is 10.7. The summed E-state index contributed by atoms with van der Waals surface area (Å²) in [6.07, 6.45) is 2.57. The summed E-state index contributed by atoms with van der Waals surface area (Å²) < 4.78 is 28.8. The second-order valence-corrected chi connectivity index (χ2v) is 4.91. The highest BCUT2D eigenvalue weighted by molar-refractivity contribution is 5.19. The molecule has 5 nitrogen and oxygen atoms in total. The first-order valence-corrected chi connectivity index (χ1v) is 6.34. The van der Waals surface area contributed by atoms with Gasteiger partial charge in [0.25, 0.3) is 0 Å². The van der Waals surface area contributed by atoms with Gasteiger partial charge < -0.3 is 5.11 Å². The van der Waals surface area contributed by atoms with Crippen LogP contribution in [-0.4, -0.2) is 44.2 Å². The van der Waals surface area contributed by atoms with Crippen LogP contribution >= 0.6 is 0 Å². The highest BCUT2D eigenvalue weighted by Gasteiger charge is 2.33. The fourth-order valence-corrected chi connectivity index (χ4v) is 2.54. The van der Waals surface area contributed by atoms with Gasteiger partial charge in [0.1, 0.15) is 11.6 Å².